The fourth-order valence-electron chi connectivity index (χ4n) is 2.29. The molecule has 0 bridgehead atoms. The zero-order valence-corrected chi connectivity index (χ0v) is 15.3. The molecule has 0 radical (unpaired) electrons. The lowest BCUT2D eigenvalue weighted by atomic mass is 10.1. The van der Waals surface area contributed by atoms with Gasteiger partial charge in [-0.1, -0.05) is 12.1 Å². The molecule has 2 aromatic rings. The summed E-state index contributed by atoms with van der Waals surface area (Å²) in [6.45, 7) is 4.03. The van der Waals surface area contributed by atoms with Gasteiger partial charge in [-0.3, -0.25) is 4.79 Å². The Bertz CT molecular complexity index is 733. The van der Waals surface area contributed by atoms with Crippen molar-refractivity contribution in [2.75, 3.05) is 25.1 Å². The molecule has 2 aromatic carbocycles. The van der Waals surface area contributed by atoms with Gasteiger partial charge in [0, 0.05) is 37.6 Å². The van der Waals surface area contributed by atoms with Crippen LogP contribution in [0.3, 0.4) is 0 Å². The summed E-state index contributed by atoms with van der Waals surface area (Å²) in [4.78, 5) is 23.9. The Morgan fingerprint density at radius 1 is 1.00 bits per heavy atom. The fourth-order valence-corrected chi connectivity index (χ4v) is 2.29. The molecule has 0 aliphatic rings. The largest absolute Gasteiger partial charge is 0.382 e. The number of halogens is 1. The van der Waals surface area contributed by atoms with E-state index in [1.807, 2.05) is 6.92 Å². The van der Waals surface area contributed by atoms with Gasteiger partial charge in [-0.2, -0.15) is 0 Å². The molecule has 6 nitrogen and oxygen atoms in total. The summed E-state index contributed by atoms with van der Waals surface area (Å²) in [6.07, 6.45) is 0.744. The minimum Gasteiger partial charge on any atom is -0.382 e. The van der Waals surface area contributed by atoms with Crippen molar-refractivity contribution in [3.8, 4) is 0 Å². The Balaban J connectivity index is 1.75. The van der Waals surface area contributed by atoms with Crippen molar-refractivity contribution in [1.29, 1.82) is 0 Å². The van der Waals surface area contributed by atoms with Crippen molar-refractivity contribution in [2.45, 2.75) is 19.9 Å². The normalized spacial score (nSPS) is 10.3. The third-order valence-electron chi connectivity index (χ3n) is 3.73. The lowest BCUT2D eigenvalue weighted by Crippen LogP contribution is -2.30. The number of nitrogens with one attached hydrogen (secondary N) is 3. The Hall–Kier alpha value is -2.93. The number of hydrogen-bond acceptors (Lipinski definition) is 3. The van der Waals surface area contributed by atoms with Gasteiger partial charge in [-0.15, -0.1) is 0 Å². The molecule has 0 heterocycles. The highest BCUT2D eigenvalue weighted by atomic mass is 19.1. The van der Waals surface area contributed by atoms with Crippen LogP contribution >= 0.6 is 0 Å². The van der Waals surface area contributed by atoms with Crippen molar-refractivity contribution < 1.29 is 18.7 Å². The summed E-state index contributed by atoms with van der Waals surface area (Å²) < 4.78 is 18.1. The first-order valence-corrected chi connectivity index (χ1v) is 8.84. The molecule has 0 saturated carbocycles. The van der Waals surface area contributed by atoms with Gasteiger partial charge in [0.25, 0.3) is 5.91 Å². The highest BCUT2D eigenvalue weighted by Crippen LogP contribution is 2.10. The van der Waals surface area contributed by atoms with Crippen LogP contribution in [-0.2, 0) is 11.3 Å². The molecule has 0 aliphatic carbocycles. The maximum Gasteiger partial charge on any atom is 0.319 e. The van der Waals surface area contributed by atoms with E-state index in [1.54, 1.807) is 36.4 Å². The van der Waals surface area contributed by atoms with Crippen LogP contribution in [0, 0.1) is 5.82 Å². The zero-order chi connectivity index (χ0) is 19.5. The van der Waals surface area contributed by atoms with Crippen LogP contribution in [0.5, 0.6) is 0 Å². The molecule has 2 rings (SSSR count). The van der Waals surface area contributed by atoms with Crippen LogP contribution in [-0.4, -0.2) is 31.7 Å². The van der Waals surface area contributed by atoms with Crippen LogP contribution in [0.25, 0.3) is 0 Å². The first-order valence-electron chi connectivity index (χ1n) is 8.84. The molecule has 7 heteroatoms. The van der Waals surface area contributed by atoms with Gasteiger partial charge in [-0.25, -0.2) is 9.18 Å². The van der Waals surface area contributed by atoms with Gasteiger partial charge in [-0.05, 0) is 55.3 Å². The summed E-state index contributed by atoms with van der Waals surface area (Å²) in [5.74, 6) is -0.558. The van der Waals surface area contributed by atoms with Crippen LogP contribution < -0.4 is 16.0 Å². The topological polar surface area (TPSA) is 79.5 Å². The van der Waals surface area contributed by atoms with E-state index in [0.717, 1.165) is 12.0 Å². The number of benzene rings is 2. The van der Waals surface area contributed by atoms with Crippen LogP contribution in [0.2, 0.25) is 0 Å². The number of anilines is 1. The number of carbonyl (C=O) groups is 2. The fraction of sp³-hybridized carbons (Fsp3) is 0.300. The highest BCUT2D eigenvalue weighted by Gasteiger charge is 2.07. The van der Waals surface area contributed by atoms with Gasteiger partial charge >= 0.3 is 6.03 Å². The third-order valence-corrected chi connectivity index (χ3v) is 3.73. The van der Waals surface area contributed by atoms with Gasteiger partial charge in [0.2, 0.25) is 0 Å². The van der Waals surface area contributed by atoms with Crippen molar-refractivity contribution >= 4 is 17.6 Å². The second-order valence-corrected chi connectivity index (χ2v) is 5.82. The average Bonchev–Trinajstić information content (AvgIpc) is 2.68. The van der Waals surface area contributed by atoms with E-state index in [1.165, 1.54) is 12.1 Å². The van der Waals surface area contributed by atoms with Gasteiger partial charge in [0.15, 0.2) is 0 Å². The number of urea groups is 1. The summed E-state index contributed by atoms with van der Waals surface area (Å²) in [7, 11) is 0. The Morgan fingerprint density at radius 2 is 1.70 bits per heavy atom. The summed E-state index contributed by atoms with van der Waals surface area (Å²) in [5.41, 5.74) is 1.87. The van der Waals surface area contributed by atoms with E-state index in [9.17, 15) is 14.0 Å². The van der Waals surface area contributed by atoms with Crippen molar-refractivity contribution in [3.63, 3.8) is 0 Å². The van der Waals surface area contributed by atoms with Crippen LogP contribution in [0.1, 0.15) is 29.3 Å². The lowest BCUT2D eigenvalue weighted by Gasteiger charge is -2.09. The SMILES string of the molecule is CCOCCCNC(=O)Nc1ccc(C(=O)NCc2ccc(F)cc2)cc1. The van der Waals surface area contributed by atoms with E-state index >= 15 is 0 Å². The minimum absolute atomic E-state index is 0.244. The minimum atomic E-state index is -0.313. The zero-order valence-electron chi connectivity index (χ0n) is 15.3. The van der Waals surface area contributed by atoms with E-state index in [0.29, 0.717) is 37.6 Å². The second-order valence-electron chi connectivity index (χ2n) is 5.82. The monoisotopic (exact) mass is 373 g/mol. The Kier molecular flexibility index (Phi) is 8.25. The van der Waals surface area contributed by atoms with E-state index in [2.05, 4.69) is 16.0 Å². The molecule has 0 saturated heterocycles. The van der Waals surface area contributed by atoms with Gasteiger partial charge in [0.05, 0.1) is 0 Å². The molecule has 27 heavy (non-hydrogen) atoms. The van der Waals surface area contributed by atoms with E-state index in [-0.39, 0.29) is 17.8 Å². The second kappa shape index (κ2) is 10.9. The van der Waals surface area contributed by atoms with Crippen LogP contribution in [0.15, 0.2) is 48.5 Å². The summed E-state index contributed by atoms with van der Waals surface area (Å²) in [5, 5.41) is 8.20. The van der Waals surface area contributed by atoms with Crippen molar-refractivity contribution in [3.05, 3.63) is 65.5 Å². The third kappa shape index (κ3) is 7.45. The molecule has 0 aromatic heterocycles. The molecular formula is C20H24FN3O3. The summed E-state index contributed by atoms with van der Waals surface area (Å²) in [6, 6.07) is 12.2. The number of carbonyl (C=O) groups excluding carboxylic acids is 2. The molecule has 0 fully saturated rings. The highest BCUT2D eigenvalue weighted by molar-refractivity contribution is 5.95. The molecule has 0 unspecified atom stereocenters. The number of hydrogen-bond donors (Lipinski definition) is 3. The van der Waals surface area contributed by atoms with Gasteiger partial charge in [0.1, 0.15) is 5.82 Å². The molecule has 3 amide bonds. The molecule has 144 valence electrons. The first kappa shape index (κ1) is 20.4. The van der Waals surface area contributed by atoms with Crippen molar-refractivity contribution in [2.24, 2.45) is 0 Å². The number of amides is 3. The first-order chi connectivity index (χ1) is 13.1. The Labute approximate surface area is 158 Å². The molecule has 0 aliphatic heterocycles. The van der Waals surface area contributed by atoms with Crippen LogP contribution in [0.4, 0.5) is 14.9 Å². The van der Waals surface area contributed by atoms with E-state index in [4.69, 9.17) is 4.74 Å². The Morgan fingerprint density at radius 3 is 2.37 bits per heavy atom. The maximum atomic E-state index is 12.9. The van der Waals surface area contributed by atoms with E-state index < -0.39 is 0 Å². The maximum absolute atomic E-state index is 12.9. The quantitative estimate of drug-likeness (QED) is 0.590. The number of rotatable bonds is 9. The van der Waals surface area contributed by atoms with Gasteiger partial charge < -0.3 is 20.7 Å². The molecule has 0 spiro atoms. The average molecular weight is 373 g/mol. The predicted molar refractivity (Wildman–Crippen MR) is 102 cm³/mol. The van der Waals surface area contributed by atoms with Crippen molar-refractivity contribution in [1.82, 2.24) is 10.6 Å². The standard InChI is InChI=1S/C20H24FN3O3/c1-2-27-13-3-12-22-20(26)24-18-10-6-16(7-11-18)19(25)23-14-15-4-8-17(21)9-5-15/h4-11H,2-3,12-14H2,1H3,(H,23,25)(H2,22,24,26). The molecule has 0 atom stereocenters. The lowest BCUT2D eigenvalue weighted by molar-refractivity contribution is 0.0951. The number of ether oxygens (including phenoxy) is 1. The smallest absolute Gasteiger partial charge is 0.319 e. The summed E-state index contributed by atoms with van der Waals surface area (Å²) >= 11 is 0. The molecular weight excluding hydrogens is 349 g/mol. The molecule has 3 N–H and O–H groups in total. The predicted octanol–water partition coefficient (Wildman–Crippen LogP) is 3.30.